The van der Waals surface area contributed by atoms with Gasteiger partial charge in [0.1, 0.15) is 5.82 Å². The minimum absolute atomic E-state index is 0.125. The fourth-order valence-electron chi connectivity index (χ4n) is 3.47. The summed E-state index contributed by atoms with van der Waals surface area (Å²) in [5, 5.41) is 12.0. The third-order valence-electron chi connectivity index (χ3n) is 5.10. The van der Waals surface area contributed by atoms with Crippen molar-refractivity contribution in [2.75, 3.05) is 0 Å². The molecule has 1 aliphatic carbocycles. The molecule has 0 unspecified atom stereocenters. The summed E-state index contributed by atoms with van der Waals surface area (Å²) >= 11 is 0. The summed E-state index contributed by atoms with van der Waals surface area (Å²) in [4.78, 5) is 23.5. The third-order valence-corrected chi connectivity index (χ3v) is 5.10. The van der Waals surface area contributed by atoms with E-state index in [0.717, 1.165) is 5.56 Å². The van der Waals surface area contributed by atoms with Crippen LogP contribution in [-0.2, 0) is 9.59 Å². The highest BCUT2D eigenvalue weighted by molar-refractivity contribution is 5.84. The second-order valence-corrected chi connectivity index (χ2v) is 6.88. The highest BCUT2D eigenvalue weighted by Crippen LogP contribution is 2.28. The number of benzene rings is 2. The topological polar surface area (TPSA) is 66.4 Å². The van der Waals surface area contributed by atoms with Gasteiger partial charge in [0.05, 0.1) is 11.8 Å². The number of aliphatic carboxylic acids is 1. The molecule has 0 aromatic heterocycles. The fraction of sp³-hybridized carbons (Fsp3) is 0.333. The monoisotopic (exact) mass is 355 g/mol. The van der Waals surface area contributed by atoms with Crippen LogP contribution in [0.1, 0.15) is 37.7 Å². The molecule has 5 heteroatoms. The summed E-state index contributed by atoms with van der Waals surface area (Å²) in [6.07, 6.45) is 1.70. The molecule has 26 heavy (non-hydrogen) atoms. The van der Waals surface area contributed by atoms with E-state index >= 15 is 0 Å². The summed E-state index contributed by atoms with van der Waals surface area (Å²) < 4.78 is 14.5. The highest BCUT2D eigenvalue weighted by atomic mass is 19.1. The Balaban J connectivity index is 1.68. The molecule has 1 saturated carbocycles. The van der Waals surface area contributed by atoms with Crippen LogP contribution >= 0.6 is 0 Å². The highest BCUT2D eigenvalue weighted by Gasteiger charge is 2.31. The quantitative estimate of drug-likeness (QED) is 0.853. The smallest absolute Gasteiger partial charge is 0.306 e. The van der Waals surface area contributed by atoms with Gasteiger partial charge in [0.25, 0.3) is 0 Å². The van der Waals surface area contributed by atoms with Gasteiger partial charge in [0.2, 0.25) is 5.91 Å². The van der Waals surface area contributed by atoms with Crippen LogP contribution in [0.4, 0.5) is 4.39 Å². The van der Waals surface area contributed by atoms with Gasteiger partial charge in [-0.15, -0.1) is 0 Å². The Morgan fingerprint density at radius 3 is 2.50 bits per heavy atom. The lowest BCUT2D eigenvalue weighted by molar-refractivity contribution is -0.141. The van der Waals surface area contributed by atoms with Gasteiger partial charge in [-0.1, -0.05) is 42.5 Å². The Bertz CT molecular complexity index is 806. The van der Waals surface area contributed by atoms with Crippen molar-refractivity contribution in [3.05, 3.63) is 59.9 Å². The fourth-order valence-corrected chi connectivity index (χ4v) is 3.47. The number of carboxylic acids is 1. The number of carbonyl (C=O) groups excluding carboxylic acids is 1. The Morgan fingerprint density at radius 2 is 1.88 bits per heavy atom. The maximum atomic E-state index is 14.5. The van der Waals surface area contributed by atoms with Gasteiger partial charge >= 0.3 is 5.97 Å². The first-order valence-corrected chi connectivity index (χ1v) is 8.83. The second-order valence-electron chi connectivity index (χ2n) is 6.88. The third kappa shape index (κ3) is 3.93. The number of nitrogens with one attached hydrogen (secondary N) is 1. The van der Waals surface area contributed by atoms with Crippen molar-refractivity contribution in [2.24, 2.45) is 5.92 Å². The molecule has 0 saturated heterocycles. The minimum atomic E-state index is -0.812. The Morgan fingerprint density at radius 1 is 1.15 bits per heavy atom. The lowest BCUT2D eigenvalue weighted by Crippen LogP contribution is -2.36. The van der Waals surface area contributed by atoms with E-state index in [2.05, 4.69) is 5.32 Å². The van der Waals surface area contributed by atoms with Gasteiger partial charge < -0.3 is 10.4 Å². The summed E-state index contributed by atoms with van der Waals surface area (Å²) in [5.74, 6) is -2.27. The molecule has 0 aliphatic heterocycles. The molecule has 4 nitrogen and oxygen atoms in total. The molecule has 1 fully saturated rings. The lowest BCUT2D eigenvalue weighted by atomic mass is 9.96. The summed E-state index contributed by atoms with van der Waals surface area (Å²) in [6.45, 7) is 1.73. The average Bonchev–Trinajstić information content (AvgIpc) is 3.10. The van der Waals surface area contributed by atoms with Crippen LogP contribution in [0.3, 0.4) is 0 Å². The largest absolute Gasteiger partial charge is 0.481 e. The van der Waals surface area contributed by atoms with E-state index < -0.39 is 17.8 Å². The zero-order valence-corrected chi connectivity index (χ0v) is 14.6. The molecule has 3 rings (SSSR count). The standard InChI is InChI=1S/C21H22FNO3/c1-13(20(24)23-17-9-7-16(11-17)21(25)26)15-8-10-18(19(22)12-15)14-5-3-2-4-6-14/h2-6,8,10,12-13,16-17H,7,9,11H2,1H3,(H,23,24)(H,25,26)/t13-,16-,17+/m0/s1. The van der Waals surface area contributed by atoms with E-state index in [1.807, 2.05) is 30.3 Å². The van der Waals surface area contributed by atoms with Gasteiger partial charge in [0.15, 0.2) is 0 Å². The van der Waals surface area contributed by atoms with Crippen LogP contribution in [-0.4, -0.2) is 23.0 Å². The first kappa shape index (κ1) is 18.1. The average molecular weight is 355 g/mol. The van der Waals surface area contributed by atoms with E-state index in [4.69, 9.17) is 5.11 Å². The molecule has 0 heterocycles. The van der Waals surface area contributed by atoms with Gasteiger partial charge in [-0.3, -0.25) is 9.59 Å². The molecule has 1 amide bonds. The number of hydrogen-bond donors (Lipinski definition) is 2. The Hall–Kier alpha value is -2.69. The maximum absolute atomic E-state index is 14.5. The maximum Gasteiger partial charge on any atom is 0.306 e. The second kappa shape index (κ2) is 7.68. The van der Waals surface area contributed by atoms with Crippen molar-refractivity contribution in [3.63, 3.8) is 0 Å². The number of halogens is 1. The molecule has 0 spiro atoms. The number of rotatable bonds is 5. The van der Waals surface area contributed by atoms with Crippen molar-refractivity contribution in [2.45, 2.75) is 38.1 Å². The molecule has 2 N–H and O–H groups in total. The van der Waals surface area contributed by atoms with Crippen molar-refractivity contribution in [1.82, 2.24) is 5.32 Å². The van der Waals surface area contributed by atoms with Crippen molar-refractivity contribution in [1.29, 1.82) is 0 Å². The van der Waals surface area contributed by atoms with Crippen LogP contribution in [0.15, 0.2) is 48.5 Å². The van der Waals surface area contributed by atoms with Crippen LogP contribution in [0.2, 0.25) is 0 Å². The number of carbonyl (C=O) groups is 2. The molecule has 136 valence electrons. The molecule has 2 aromatic rings. The molecule has 3 atom stereocenters. The van der Waals surface area contributed by atoms with E-state index in [1.165, 1.54) is 6.07 Å². The minimum Gasteiger partial charge on any atom is -0.481 e. The molecule has 2 aromatic carbocycles. The van der Waals surface area contributed by atoms with E-state index in [-0.39, 0.29) is 17.8 Å². The molecule has 0 radical (unpaired) electrons. The zero-order chi connectivity index (χ0) is 18.7. The summed E-state index contributed by atoms with van der Waals surface area (Å²) in [7, 11) is 0. The van der Waals surface area contributed by atoms with Crippen molar-refractivity contribution < 1.29 is 19.1 Å². The summed E-state index contributed by atoms with van der Waals surface area (Å²) in [6, 6.07) is 14.0. The van der Waals surface area contributed by atoms with Crippen LogP contribution < -0.4 is 5.32 Å². The predicted octanol–water partition coefficient (Wildman–Crippen LogP) is 3.97. The summed E-state index contributed by atoms with van der Waals surface area (Å²) in [5.41, 5.74) is 1.90. The van der Waals surface area contributed by atoms with Crippen LogP contribution in [0, 0.1) is 11.7 Å². The molecular formula is C21H22FNO3. The van der Waals surface area contributed by atoms with Crippen LogP contribution in [0.25, 0.3) is 11.1 Å². The number of hydrogen-bond acceptors (Lipinski definition) is 2. The van der Waals surface area contributed by atoms with E-state index in [0.29, 0.717) is 30.4 Å². The molecule has 0 bridgehead atoms. The lowest BCUT2D eigenvalue weighted by Gasteiger charge is -2.18. The SMILES string of the molecule is C[C@H](C(=O)N[C@@H]1CC[C@H](C(=O)O)C1)c1ccc(-c2ccccc2)c(F)c1. The number of amides is 1. The first-order valence-electron chi connectivity index (χ1n) is 8.83. The first-order chi connectivity index (χ1) is 12.5. The van der Waals surface area contributed by atoms with E-state index in [9.17, 15) is 14.0 Å². The predicted molar refractivity (Wildman–Crippen MR) is 97.2 cm³/mol. The van der Waals surface area contributed by atoms with Gasteiger partial charge in [0, 0.05) is 11.6 Å². The van der Waals surface area contributed by atoms with Gasteiger partial charge in [-0.05, 0) is 43.4 Å². The molecule has 1 aliphatic rings. The van der Waals surface area contributed by atoms with Crippen molar-refractivity contribution in [3.8, 4) is 11.1 Å². The van der Waals surface area contributed by atoms with Gasteiger partial charge in [-0.25, -0.2) is 4.39 Å². The van der Waals surface area contributed by atoms with Gasteiger partial charge in [-0.2, -0.15) is 0 Å². The Labute approximate surface area is 152 Å². The van der Waals surface area contributed by atoms with E-state index in [1.54, 1.807) is 19.1 Å². The number of carboxylic acid groups (broad SMARTS) is 1. The Kier molecular flexibility index (Phi) is 5.35. The van der Waals surface area contributed by atoms with Crippen LogP contribution in [0.5, 0.6) is 0 Å². The molecular weight excluding hydrogens is 333 g/mol. The normalized spacial score (nSPS) is 20.5. The zero-order valence-electron chi connectivity index (χ0n) is 14.6. The van der Waals surface area contributed by atoms with Crippen molar-refractivity contribution >= 4 is 11.9 Å².